The van der Waals surface area contributed by atoms with Gasteiger partial charge in [0.2, 0.25) is 0 Å². The molecule has 2 aromatic heterocycles. The lowest BCUT2D eigenvalue weighted by Crippen LogP contribution is -2.27. The Bertz CT molecular complexity index is 649. The predicted octanol–water partition coefficient (Wildman–Crippen LogP) is 2.91. The summed E-state index contributed by atoms with van der Waals surface area (Å²) in [6.07, 6.45) is -0.153. The molecule has 7 heteroatoms. The van der Waals surface area contributed by atoms with Crippen molar-refractivity contribution in [1.29, 1.82) is 0 Å². The van der Waals surface area contributed by atoms with E-state index in [-0.39, 0.29) is 0 Å². The predicted molar refractivity (Wildman–Crippen MR) is 79.9 cm³/mol. The summed E-state index contributed by atoms with van der Waals surface area (Å²) in [6.45, 7) is 5.32. The van der Waals surface area contributed by atoms with Crippen LogP contribution in [0.5, 0.6) is 0 Å². The first-order valence-electron chi connectivity index (χ1n) is 6.36. The molecule has 0 aliphatic carbocycles. The van der Waals surface area contributed by atoms with Gasteiger partial charge in [0, 0.05) is 6.20 Å². The second kappa shape index (κ2) is 5.95. The van der Waals surface area contributed by atoms with Gasteiger partial charge < -0.3 is 9.84 Å². The third-order valence-electron chi connectivity index (χ3n) is 2.49. The lowest BCUT2D eigenvalue weighted by Gasteiger charge is -2.18. The van der Waals surface area contributed by atoms with E-state index in [1.54, 1.807) is 45.0 Å². The molecule has 0 aliphatic heterocycles. The van der Waals surface area contributed by atoms with Crippen LogP contribution in [0.4, 0.5) is 4.79 Å². The fraction of sp³-hybridized carbons (Fsp3) is 0.357. The molecule has 0 amide bonds. The van der Waals surface area contributed by atoms with Crippen molar-refractivity contribution < 1.29 is 14.6 Å². The molecule has 0 spiro atoms. The van der Waals surface area contributed by atoms with E-state index in [0.717, 1.165) is 4.68 Å². The first kappa shape index (κ1) is 15.7. The Hall–Kier alpha value is -1.73. The summed E-state index contributed by atoms with van der Waals surface area (Å²) in [5.74, 6) is 0. The number of aliphatic hydroxyl groups is 1. The molecule has 0 fully saturated rings. The van der Waals surface area contributed by atoms with Crippen molar-refractivity contribution in [2.45, 2.75) is 32.5 Å². The molecule has 1 atom stereocenters. The van der Waals surface area contributed by atoms with Crippen LogP contribution in [0.2, 0.25) is 0 Å². The van der Waals surface area contributed by atoms with Gasteiger partial charge >= 0.3 is 6.09 Å². The van der Waals surface area contributed by atoms with Crippen LogP contribution in [0.3, 0.4) is 0 Å². The second-order valence-electron chi connectivity index (χ2n) is 5.45. The van der Waals surface area contributed by atoms with Crippen molar-refractivity contribution in [3.63, 3.8) is 0 Å². The van der Waals surface area contributed by atoms with Gasteiger partial charge in [-0.15, -0.1) is 0 Å². The van der Waals surface area contributed by atoms with Crippen molar-refractivity contribution in [2.24, 2.45) is 0 Å². The summed E-state index contributed by atoms with van der Waals surface area (Å²) in [7, 11) is 0. The molecule has 0 saturated carbocycles. The number of hydrogen-bond donors (Lipinski definition) is 1. The molecule has 0 radical (unpaired) electrons. The summed E-state index contributed by atoms with van der Waals surface area (Å²) in [5.41, 5.74) is 0.165. The summed E-state index contributed by atoms with van der Waals surface area (Å²) >= 11 is 3.24. The molecule has 21 heavy (non-hydrogen) atoms. The fourth-order valence-corrected chi connectivity index (χ4v) is 1.98. The van der Waals surface area contributed by atoms with Crippen LogP contribution in [0.15, 0.2) is 35.1 Å². The van der Waals surface area contributed by atoms with Gasteiger partial charge in [0.25, 0.3) is 0 Å². The van der Waals surface area contributed by atoms with Crippen LogP contribution in [-0.4, -0.2) is 31.6 Å². The van der Waals surface area contributed by atoms with Gasteiger partial charge in [0.15, 0.2) is 0 Å². The van der Waals surface area contributed by atoms with Crippen molar-refractivity contribution >= 4 is 22.0 Å². The van der Waals surface area contributed by atoms with E-state index in [4.69, 9.17) is 4.74 Å². The third kappa shape index (κ3) is 4.12. The highest BCUT2D eigenvalue weighted by Crippen LogP contribution is 2.20. The average molecular weight is 354 g/mol. The van der Waals surface area contributed by atoms with Crippen LogP contribution < -0.4 is 0 Å². The molecule has 0 saturated heterocycles. The number of aromatic nitrogens is 3. The minimum absolute atomic E-state index is 0.325. The van der Waals surface area contributed by atoms with E-state index < -0.39 is 17.8 Å². The van der Waals surface area contributed by atoms with E-state index in [1.807, 2.05) is 0 Å². The van der Waals surface area contributed by atoms with Crippen LogP contribution in [0.25, 0.3) is 0 Å². The molecule has 2 heterocycles. The van der Waals surface area contributed by atoms with Crippen LogP contribution in [0.1, 0.15) is 38.3 Å². The van der Waals surface area contributed by atoms with E-state index >= 15 is 0 Å². The topological polar surface area (TPSA) is 77.2 Å². The Morgan fingerprint density at radius 1 is 1.33 bits per heavy atom. The molecule has 1 unspecified atom stereocenters. The average Bonchev–Trinajstić information content (AvgIpc) is 2.85. The first-order valence-corrected chi connectivity index (χ1v) is 7.15. The Labute approximate surface area is 130 Å². The molecular weight excluding hydrogens is 338 g/mol. The number of carbonyl (C=O) groups excluding carboxylic acids is 1. The molecule has 2 rings (SSSR count). The van der Waals surface area contributed by atoms with Crippen molar-refractivity contribution in [2.75, 3.05) is 0 Å². The van der Waals surface area contributed by atoms with E-state index in [0.29, 0.717) is 16.0 Å². The Morgan fingerprint density at radius 2 is 2.05 bits per heavy atom. The van der Waals surface area contributed by atoms with Gasteiger partial charge in [0.05, 0.1) is 11.4 Å². The SMILES string of the molecule is CC(C)(C)OC(=O)n1ccc(C(O)c2cccc(Br)n2)n1. The monoisotopic (exact) mass is 353 g/mol. The normalized spacial score (nSPS) is 13.0. The molecule has 6 nitrogen and oxygen atoms in total. The van der Waals surface area contributed by atoms with Crippen LogP contribution >= 0.6 is 15.9 Å². The standard InChI is InChI=1S/C14H16BrN3O3/c1-14(2,3)21-13(20)18-8-7-10(17-18)12(19)9-5-4-6-11(15)16-9/h4-8,12,19H,1-3H3. The molecule has 112 valence electrons. The minimum Gasteiger partial charge on any atom is -0.442 e. The maximum Gasteiger partial charge on any atom is 0.435 e. The molecule has 1 N–H and O–H groups in total. The summed E-state index contributed by atoms with van der Waals surface area (Å²) in [5, 5.41) is 14.3. The zero-order chi connectivity index (χ0) is 15.6. The number of aliphatic hydroxyl groups excluding tert-OH is 1. The number of ether oxygens (including phenoxy) is 1. The summed E-state index contributed by atoms with van der Waals surface area (Å²) < 4.78 is 6.87. The largest absolute Gasteiger partial charge is 0.442 e. The lowest BCUT2D eigenvalue weighted by atomic mass is 10.2. The molecule has 0 aliphatic rings. The van der Waals surface area contributed by atoms with Gasteiger partial charge in [0.1, 0.15) is 16.3 Å². The number of carbonyl (C=O) groups is 1. The smallest absolute Gasteiger partial charge is 0.435 e. The Balaban J connectivity index is 2.18. The molecular formula is C14H16BrN3O3. The fourth-order valence-electron chi connectivity index (χ4n) is 1.62. The van der Waals surface area contributed by atoms with Gasteiger partial charge in [-0.25, -0.2) is 9.78 Å². The maximum absolute atomic E-state index is 11.9. The first-order chi connectivity index (χ1) is 9.76. The number of halogens is 1. The van der Waals surface area contributed by atoms with Gasteiger partial charge in [-0.05, 0) is 54.9 Å². The highest BCUT2D eigenvalue weighted by Gasteiger charge is 2.21. The highest BCUT2D eigenvalue weighted by molar-refractivity contribution is 9.10. The maximum atomic E-state index is 11.9. The van der Waals surface area contributed by atoms with E-state index in [1.165, 1.54) is 6.20 Å². The Kier molecular flexibility index (Phi) is 4.43. The molecule has 2 aromatic rings. The Morgan fingerprint density at radius 3 is 2.67 bits per heavy atom. The zero-order valence-electron chi connectivity index (χ0n) is 11.9. The lowest BCUT2D eigenvalue weighted by molar-refractivity contribution is 0.0512. The van der Waals surface area contributed by atoms with Gasteiger partial charge in [-0.2, -0.15) is 9.78 Å². The third-order valence-corrected chi connectivity index (χ3v) is 2.93. The molecule has 0 bridgehead atoms. The zero-order valence-corrected chi connectivity index (χ0v) is 13.5. The second-order valence-corrected chi connectivity index (χ2v) is 6.27. The van der Waals surface area contributed by atoms with E-state index in [2.05, 4.69) is 26.0 Å². The van der Waals surface area contributed by atoms with Crippen LogP contribution in [0, 0.1) is 0 Å². The van der Waals surface area contributed by atoms with Gasteiger partial charge in [-0.1, -0.05) is 6.07 Å². The summed E-state index contributed by atoms with van der Waals surface area (Å²) in [6, 6.07) is 6.76. The van der Waals surface area contributed by atoms with Gasteiger partial charge in [-0.3, -0.25) is 0 Å². The minimum atomic E-state index is -1.01. The van der Waals surface area contributed by atoms with E-state index in [9.17, 15) is 9.90 Å². The molecule has 0 aromatic carbocycles. The number of pyridine rings is 1. The number of hydrogen-bond acceptors (Lipinski definition) is 5. The van der Waals surface area contributed by atoms with Crippen LogP contribution in [-0.2, 0) is 4.74 Å². The van der Waals surface area contributed by atoms with Crippen molar-refractivity contribution in [1.82, 2.24) is 14.8 Å². The number of nitrogens with zero attached hydrogens (tertiary/aromatic N) is 3. The summed E-state index contributed by atoms with van der Waals surface area (Å²) in [4.78, 5) is 16.0. The quantitative estimate of drug-likeness (QED) is 0.839. The highest BCUT2D eigenvalue weighted by atomic mass is 79.9. The number of rotatable bonds is 2. The van der Waals surface area contributed by atoms with Crippen molar-refractivity contribution in [3.8, 4) is 0 Å². The van der Waals surface area contributed by atoms with Crippen molar-refractivity contribution in [3.05, 3.63) is 46.5 Å².